The summed E-state index contributed by atoms with van der Waals surface area (Å²) in [5, 5.41) is 57.1. The summed E-state index contributed by atoms with van der Waals surface area (Å²) < 4.78 is 0. The molecule has 0 unspecified atom stereocenters. The number of hydrogen-bond acceptors (Lipinski definition) is 24. The van der Waals surface area contributed by atoms with Crippen molar-refractivity contribution in [2.45, 2.75) is 142 Å². The van der Waals surface area contributed by atoms with Crippen LogP contribution >= 0.6 is 45.3 Å². The van der Waals surface area contributed by atoms with Crippen LogP contribution in [0.4, 0.5) is 22.7 Å². The van der Waals surface area contributed by atoms with Crippen LogP contribution in [-0.4, -0.2) is 199 Å². The SMILES string of the molecule is C#CCC(=O)N1CC[C@@H](C)[C@@H](Nc2c(-c3nnc(C)s3)cnc3[nH]ccc23)C1.C#CCC(=O)N1CC[C@@H](C)[C@@H](Nc2c(-c3nncs3)cnc3[nH]ccc23)C1.C#CCC(=O)N1C[C@H](Nc2c(-c3nnc(C)s3)cnc3[nH]ccc23)CC[C@@H]1C.C#CCC(=O)N1C[C@H](Nc2c(-c3nncs3)cnc3[nH]ccc23)CC[C@@H]1C. The lowest BCUT2D eigenvalue weighted by atomic mass is 9.92. The number of fused-ring (bicyclic) bond motifs is 4. The molecular formula is C78H84N24O4S4. The van der Waals surface area contributed by atoms with Crippen LogP contribution in [0.2, 0.25) is 0 Å². The maximum Gasteiger partial charge on any atom is 0.234 e. The highest BCUT2D eigenvalue weighted by Crippen LogP contribution is 2.41. The van der Waals surface area contributed by atoms with E-state index in [0.717, 1.165) is 171 Å². The summed E-state index contributed by atoms with van der Waals surface area (Å²) in [6.07, 6.45) is 42.4. The second kappa shape index (κ2) is 35.1. The number of aryl methyl sites for hydroxylation is 2. The number of pyridine rings is 4. The number of H-pyrrole nitrogens is 4. The van der Waals surface area contributed by atoms with Crippen LogP contribution in [0, 0.1) is 75.1 Å². The number of aromatic amines is 4. The number of rotatable bonds is 16. The van der Waals surface area contributed by atoms with Crippen LogP contribution < -0.4 is 21.3 Å². The lowest BCUT2D eigenvalue weighted by Gasteiger charge is -2.38. The number of nitrogens with zero attached hydrogens (tertiary/aromatic N) is 16. The number of carbonyl (C=O) groups is 4. The Morgan fingerprint density at radius 3 is 1.09 bits per heavy atom. The maximum absolute atomic E-state index is 12.4. The predicted octanol–water partition coefficient (Wildman–Crippen LogP) is 11.9. The Balaban J connectivity index is 0.000000129. The van der Waals surface area contributed by atoms with Gasteiger partial charge in [-0.05, 0) is 102 Å². The van der Waals surface area contributed by atoms with Crippen LogP contribution in [0.1, 0.15) is 102 Å². The van der Waals surface area contributed by atoms with Crippen molar-refractivity contribution in [3.63, 3.8) is 0 Å². The van der Waals surface area contributed by atoms with Crippen molar-refractivity contribution in [1.82, 2.24) is 100 Å². The van der Waals surface area contributed by atoms with Gasteiger partial charge in [-0.3, -0.25) is 19.2 Å². The van der Waals surface area contributed by atoms with E-state index >= 15 is 0 Å². The molecule has 12 aromatic rings. The zero-order valence-electron chi connectivity index (χ0n) is 61.7. The first kappa shape index (κ1) is 76.5. The molecule has 12 aromatic heterocycles. The summed E-state index contributed by atoms with van der Waals surface area (Å²) in [7, 11) is 0. The van der Waals surface area contributed by atoms with E-state index in [1.165, 1.54) is 22.7 Å². The molecule has 4 fully saturated rings. The Labute approximate surface area is 652 Å². The van der Waals surface area contributed by atoms with E-state index in [1.807, 2.05) is 107 Å². The van der Waals surface area contributed by atoms with E-state index in [4.69, 9.17) is 25.7 Å². The Hall–Kier alpha value is -11.7. The zero-order chi connectivity index (χ0) is 77.0. The van der Waals surface area contributed by atoms with Crippen molar-refractivity contribution in [2.24, 2.45) is 11.8 Å². The highest BCUT2D eigenvalue weighted by atomic mass is 32.1. The largest absolute Gasteiger partial charge is 0.379 e. The zero-order valence-corrected chi connectivity index (χ0v) is 65.0. The van der Waals surface area contributed by atoms with Crippen LogP contribution in [0.25, 0.3) is 86.4 Å². The third-order valence-corrected chi connectivity index (χ3v) is 23.6. The maximum atomic E-state index is 12.4. The minimum Gasteiger partial charge on any atom is -0.379 e. The molecule has 4 saturated heterocycles. The van der Waals surface area contributed by atoms with Gasteiger partial charge in [0.25, 0.3) is 0 Å². The fraction of sp³-hybridized carbons (Fsp3) is 0.385. The van der Waals surface area contributed by atoms with Gasteiger partial charge in [0, 0.05) is 147 Å². The molecule has 4 aliphatic heterocycles. The normalized spacial score (nSPS) is 19.7. The molecule has 8 N–H and O–H groups in total. The lowest BCUT2D eigenvalue weighted by molar-refractivity contribution is -0.134. The third kappa shape index (κ3) is 17.4. The van der Waals surface area contributed by atoms with Crippen molar-refractivity contribution in [2.75, 3.05) is 60.5 Å². The molecule has 8 atom stereocenters. The average molecular weight is 1550 g/mol. The molecule has 0 radical (unpaired) electrons. The summed E-state index contributed by atoms with van der Waals surface area (Å²) in [5.41, 5.74) is 14.3. The molecular weight excluding hydrogens is 1470 g/mol. The predicted molar refractivity (Wildman–Crippen MR) is 434 cm³/mol. The van der Waals surface area contributed by atoms with E-state index in [-0.39, 0.29) is 85.6 Å². The van der Waals surface area contributed by atoms with Crippen molar-refractivity contribution in [1.29, 1.82) is 0 Å². The first-order chi connectivity index (χ1) is 53.5. The lowest BCUT2D eigenvalue weighted by Crippen LogP contribution is -2.49. The van der Waals surface area contributed by atoms with Crippen molar-refractivity contribution >= 4 is 136 Å². The van der Waals surface area contributed by atoms with E-state index < -0.39 is 0 Å². The van der Waals surface area contributed by atoms with E-state index in [2.05, 4.69) is 153 Å². The van der Waals surface area contributed by atoms with Crippen molar-refractivity contribution in [3.8, 4) is 91.7 Å². The Morgan fingerprint density at radius 2 is 0.773 bits per heavy atom. The van der Waals surface area contributed by atoms with Crippen molar-refractivity contribution in [3.05, 3.63) is 94.9 Å². The van der Waals surface area contributed by atoms with Crippen molar-refractivity contribution < 1.29 is 19.2 Å². The monoisotopic (exact) mass is 1550 g/mol. The minimum atomic E-state index is 0.0158. The molecule has 16 rings (SSSR count). The van der Waals surface area contributed by atoms with Gasteiger partial charge < -0.3 is 60.8 Å². The second-order valence-electron chi connectivity index (χ2n) is 27.8. The van der Waals surface area contributed by atoms with Crippen LogP contribution in [0.3, 0.4) is 0 Å². The van der Waals surface area contributed by atoms with Gasteiger partial charge in [0.1, 0.15) is 43.6 Å². The number of aromatic nitrogens is 16. The number of terminal acetylenes is 4. The number of piperidine rings is 4. The molecule has 28 nitrogen and oxygen atoms in total. The summed E-state index contributed by atoms with van der Waals surface area (Å²) >= 11 is 6.04. The van der Waals surface area contributed by atoms with Gasteiger partial charge in [0.05, 0.1) is 70.7 Å². The van der Waals surface area contributed by atoms with Crippen LogP contribution in [0.15, 0.2) is 84.9 Å². The summed E-state index contributed by atoms with van der Waals surface area (Å²) in [5.74, 6) is 10.7. The fourth-order valence-corrected chi connectivity index (χ4v) is 16.9. The first-order valence-electron chi connectivity index (χ1n) is 36.4. The molecule has 0 spiro atoms. The summed E-state index contributed by atoms with van der Waals surface area (Å²) in [6, 6.07) is 8.93. The number of nitrogens with one attached hydrogen (secondary N) is 8. The van der Waals surface area contributed by atoms with Crippen LogP contribution in [-0.2, 0) is 19.2 Å². The summed E-state index contributed by atoms with van der Waals surface area (Å²) in [6.45, 7) is 16.5. The molecule has 0 aromatic carbocycles. The Bertz CT molecular complexity index is 5400. The van der Waals surface area contributed by atoms with Gasteiger partial charge in [-0.15, -0.1) is 66.5 Å². The van der Waals surface area contributed by atoms with Gasteiger partial charge >= 0.3 is 0 Å². The highest BCUT2D eigenvalue weighted by molar-refractivity contribution is 7.15. The van der Waals surface area contributed by atoms with E-state index in [9.17, 15) is 19.2 Å². The third-order valence-electron chi connectivity index (χ3n) is 20.4. The standard InChI is InChI=1S/2C20H22N6OS.2C19H20N6OS/c1-4-5-17(27)26-9-7-12(2)16(11-26)23-18-14-6-8-21-19(14)22-10-15(18)20-25-24-13(3)28-20;1-4-5-17(27)26-11-14(7-6-12(26)2)23-18-15-8-9-21-19(15)22-10-16(18)20-25-24-13(3)28-20;1-3-4-16(26)25-8-6-12(2)15(10-25)23-17-13-5-7-20-18(13)21-9-14(17)19-24-22-11-27-19;1-3-4-16(26)25-10-13(6-5-12(25)2)23-17-14-7-8-20-18(14)21-9-15(17)19-24-22-11-27-19/h1,6,8,10,12,16H,5,7,9,11H2,2-3H3,(H2,21,22,23);1,8-10,12,14H,5-7,11H2,2-3H3,(H2,21,22,23);1,5,7,9,11-12,15H,4,6,8,10H2,2H3,(H2,20,21,23);1,7-9,11-13H,4-6,10H2,2H3,(H2,20,21,23)/t12-,16+;12-,14+;12-,15+;12-,13+/m1010/s1. The Kier molecular flexibility index (Phi) is 24.4. The first-order valence-corrected chi connectivity index (χ1v) is 39.8. The second-order valence-corrected chi connectivity index (χ2v) is 31.8. The van der Waals surface area contributed by atoms with Gasteiger partial charge in [-0.1, -0.05) is 82.9 Å². The summed E-state index contributed by atoms with van der Waals surface area (Å²) in [4.78, 5) is 87.4. The Morgan fingerprint density at radius 1 is 0.436 bits per heavy atom. The van der Waals surface area contributed by atoms with Gasteiger partial charge in [0.2, 0.25) is 23.6 Å². The number of likely N-dealkylation sites (tertiary alicyclic amines) is 4. The number of carbonyl (C=O) groups excluding carboxylic acids is 4. The number of hydrogen-bond donors (Lipinski definition) is 8. The molecule has 16 heterocycles. The quantitative estimate of drug-likeness (QED) is 0.0417. The molecule has 0 bridgehead atoms. The molecule has 4 aliphatic rings. The molecule has 0 saturated carbocycles. The van der Waals surface area contributed by atoms with Crippen LogP contribution in [0.5, 0.6) is 0 Å². The smallest absolute Gasteiger partial charge is 0.234 e. The average Bonchev–Trinajstić information content (AvgIpc) is 1.59. The van der Waals surface area contributed by atoms with E-state index in [1.54, 1.807) is 33.7 Å². The van der Waals surface area contributed by atoms with Gasteiger partial charge in [-0.25, -0.2) is 19.9 Å². The molecule has 564 valence electrons. The molecule has 0 aliphatic carbocycles. The minimum absolute atomic E-state index is 0.0158. The van der Waals surface area contributed by atoms with Gasteiger partial charge in [0.15, 0.2) is 20.0 Å². The van der Waals surface area contributed by atoms with E-state index in [0.29, 0.717) is 38.0 Å². The molecule has 110 heavy (non-hydrogen) atoms. The number of amides is 4. The topological polar surface area (TPSA) is 347 Å². The number of anilines is 4. The molecule has 4 amide bonds. The highest BCUT2D eigenvalue weighted by Gasteiger charge is 2.35. The van der Waals surface area contributed by atoms with Gasteiger partial charge in [-0.2, -0.15) is 0 Å². The fourth-order valence-electron chi connectivity index (χ4n) is 14.4. The molecule has 32 heteroatoms.